The summed E-state index contributed by atoms with van der Waals surface area (Å²) < 4.78 is 7.16. The Hall–Kier alpha value is -2.47. The highest BCUT2D eigenvalue weighted by molar-refractivity contribution is 5.65. The van der Waals surface area contributed by atoms with Gasteiger partial charge in [-0.15, -0.1) is 6.42 Å². The van der Waals surface area contributed by atoms with Crippen molar-refractivity contribution >= 4 is 0 Å². The van der Waals surface area contributed by atoms with Crippen LogP contribution in [0.5, 0.6) is 5.75 Å². The highest BCUT2D eigenvalue weighted by Crippen LogP contribution is 2.26. The van der Waals surface area contributed by atoms with Gasteiger partial charge in [-0.3, -0.25) is 4.79 Å². The Bertz CT molecular complexity index is 708. The van der Waals surface area contributed by atoms with Gasteiger partial charge in [0.25, 0.3) is 5.56 Å². The molecule has 3 heteroatoms. The highest BCUT2D eigenvalue weighted by atomic mass is 16.5. The molecule has 1 heterocycles. The Balaban J connectivity index is 2.47. The van der Waals surface area contributed by atoms with E-state index in [1.54, 1.807) is 16.7 Å². The molecule has 3 nitrogen and oxygen atoms in total. The Morgan fingerprint density at radius 1 is 1.30 bits per heavy atom. The number of benzene rings is 1. The highest BCUT2D eigenvalue weighted by Gasteiger charge is 2.08. The Morgan fingerprint density at radius 2 is 2.10 bits per heavy atom. The first kappa shape index (κ1) is 14.0. The molecule has 1 aromatic carbocycles. The van der Waals surface area contributed by atoms with Crippen LogP contribution < -0.4 is 10.3 Å². The van der Waals surface area contributed by atoms with Crippen LogP contribution in [0.4, 0.5) is 0 Å². The number of rotatable bonds is 4. The summed E-state index contributed by atoms with van der Waals surface area (Å²) in [6, 6.07) is 11.1. The predicted molar refractivity (Wildman–Crippen MR) is 80.9 cm³/mol. The van der Waals surface area contributed by atoms with Gasteiger partial charge in [0.05, 0.1) is 5.69 Å². The van der Waals surface area contributed by atoms with Crippen LogP contribution in [0.15, 0.2) is 41.2 Å². The maximum absolute atomic E-state index is 11.9. The van der Waals surface area contributed by atoms with Crippen LogP contribution in [0.2, 0.25) is 0 Å². The van der Waals surface area contributed by atoms with Crippen molar-refractivity contribution in [2.45, 2.75) is 20.4 Å². The fraction of sp³-hybridized carbons (Fsp3) is 0.235. The molecule has 0 spiro atoms. The molecule has 0 atom stereocenters. The summed E-state index contributed by atoms with van der Waals surface area (Å²) in [4.78, 5) is 11.9. The predicted octanol–water partition coefficient (Wildman–Crippen LogP) is 2.86. The minimum absolute atomic E-state index is 0.0112. The molecule has 0 saturated carbocycles. The van der Waals surface area contributed by atoms with E-state index >= 15 is 0 Å². The van der Waals surface area contributed by atoms with Gasteiger partial charge in [0.15, 0.2) is 0 Å². The normalized spacial score (nSPS) is 10.1. The van der Waals surface area contributed by atoms with E-state index in [2.05, 4.69) is 5.92 Å². The van der Waals surface area contributed by atoms with E-state index in [1.165, 1.54) is 0 Å². The van der Waals surface area contributed by atoms with E-state index in [0.717, 1.165) is 22.6 Å². The Morgan fingerprint density at radius 3 is 2.75 bits per heavy atom. The smallest absolute Gasteiger partial charge is 0.250 e. The van der Waals surface area contributed by atoms with Crippen molar-refractivity contribution < 1.29 is 4.74 Å². The summed E-state index contributed by atoms with van der Waals surface area (Å²) in [5, 5.41) is 0. The molecule has 0 aliphatic heterocycles. The van der Waals surface area contributed by atoms with Crippen LogP contribution in [0.3, 0.4) is 0 Å². The van der Waals surface area contributed by atoms with Crippen LogP contribution in [-0.4, -0.2) is 11.2 Å². The van der Waals surface area contributed by atoms with Crippen molar-refractivity contribution in [1.82, 2.24) is 4.57 Å². The molecular weight excluding hydrogens is 250 g/mol. The lowest BCUT2D eigenvalue weighted by Gasteiger charge is -2.14. The van der Waals surface area contributed by atoms with Crippen LogP contribution >= 0.6 is 0 Å². The minimum atomic E-state index is 0.0112. The lowest BCUT2D eigenvalue weighted by Crippen LogP contribution is -2.19. The van der Waals surface area contributed by atoms with Gasteiger partial charge in [-0.25, -0.2) is 0 Å². The molecule has 20 heavy (non-hydrogen) atoms. The molecule has 2 rings (SSSR count). The number of terminal acetylenes is 1. The molecule has 0 saturated heterocycles. The van der Waals surface area contributed by atoms with Crippen molar-refractivity contribution in [3.8, 4) is 29.4 Å². The van der Waals surface area contributed by atoms with Gasteiger partial charge in [-0.1, -0.05) is 12.0 Å². The molecule has 0 amide bonds. The number of aromatic nitrogens is 1. The second kappa shape index (κ2) is 6.12. The zero-order valence-corrected chi connectivity index (χ0v) is 11.7. The van der Waals surface area contributed by atoms with E-state index in [-0.39, 0.29) is 12.2 Å². The van der Waals surface area contributed by atoms with Gasteiger partial charge in [0.2, 0.25) is 0 Å². The van der Waals surface area contributed by atoms with Gasteiger partial charge >= 0.3 is 0 Å². The second-order valence-electron chi connectivity index (χ2n) is 4.46. The summed E-state index contributed by atoms with van der Waals surface area (Å²) in [5.41, 5.74) is 3.00. The summed E-state index contributed by atoms with van der Waals surface area (Å²) in [5.74, 6) is 3.18. The average molecular weight is 267 g/mol. The van der Waals surface area contributed by atoms with Crippen molar-refractivity contribution in [2.75, 3.05) is 6.61 Å². The standard InChI is InChI=1S/C17H17NO2/c1-4-11-20-14-9-10-15(13(3)12-14)16-7-6-8-17(19)18(16)5-2/h1,6-10,12H,5,11H2,2-3H3. The fourth-order valence-electron chi connectivity index (χ4n) is 2.22. The molecule has 0 fully saturated rings. The molecule has 0 aliphatic rings. The number of hydrogen-bond donors (Lipinski definition) is 0. The zero-order valence-electron chi connectivity index (χ0n) is 11.7. The molecule has 0 unspecified atom stereocenters. The monoisotopic (exact) mass is 267 g/mol. The van der Waals surface area contributed by atoms with E-state index in [1.807, 2.05) is 38.1 Å². The molecule has 0 N–H and O–H groups in total. The van der Waals surface area contributed by atoms with E-state index in [9.17, 15) is 4.79 Å². The summed E-state index contributed by atoms with van der Waals surface area (Å²) >= 11 is 0. The zero-order chi connectivity index (χ0) is 14.5. The topological polar surface area (TPSA) is 31.2 Å². The van der Waals surface area contributed by atoms with Gasteiger partial charge in [0, 0.05) is 18.2 Å². The first-order valence-corrected chi connectivity index (χ1v) is 6.54. The Labute approximate surface area is 118 Å². The lowest BCUT2D eigenvalue weighted by molar-refractivity contribution is 0.370. The number of nitrogens with zero attached hydrogens (tertiary/aromatic N) is 1. The SMILES string of the molecule is C#CCOc1ccc(-c2cccc(=O)n2CC)c(C)c1. The number of pyridine rings is 1. The van der Waals surface area contributed by atoms with Crippen molar-refractivity contribution in [3.63, 3.8) is 0 Å². The molecule has 102 valence electrons. The van der Waals surface area contributed by atoms with Gasteiger partial charge < -0.3 is 9.30 Å². The molecule has 0 aliphatic carbocycles. The first-order valence-electron chi connectivity index (χ1n) is 6.54. The van der Waals surface area contributed by atoms with Crippen LogP contribution in [0.1, 0.15) is 12.5 Å². The van der Waals surface area contributed by atoms with Crippen LogP contribution in [0.25, 0.3) is 11.3 Å². The average Bonchev–Trinajstić information content (AvgIpc) is 2.45. The summed E-state index contributed by atoms with van der Waals surface area (Å²) in [7, 11) is 0. The second-order valence-corrected chi connectivity index (χ2v) is 4.46. The third-order valence-electron chi connectivity index (χ3n) is 3.16. The quantitative estimate of drug-likeness (QED) is 0.798. The largest absolute Gasteiger partial charge is 0.481 e. The molecule has 1 aromatic heterocycles. The Kier molecular flexibility index (Phi) is 4.27. The number of ether oxygens (including phenoxy) is 1. The van der Waals surface area contributed by atoms with Crippen molar-refractivity contribution in [3.05, 3.63) is 52.3 Å². The number of aryl methyl sites for hydroxylation is 1. The molecular formula is C17H17NO2. The number of hydrogen-bond acceptors (Lipinski definition) is 2. The van der Waals surface area contributed by atoms with Crippen LogP contribution in [0, 0.1) is 19.3 Å². The van der Waals surface area contributed by atoms with Crippen molar-refractivity contribution in [2.24, 2.45) is 0 Å². The van der Waals surface area contributed by atoms with E-state index in [0.29, 0.717) is 6.54 Å². The maximum Gasteiger partial charge on any atom is 0.250 e. The van der Waals surface area contributed by atoms with Gasteiger partial charge in [0.1, 0.15) is 12.4 Å². The lowest BCUT2D eigenvalue weighted by atomic mass is 10.0. The van der Waals surface area contributed by atoms with Gasteiger partial charge in [-0.05, 0) is 43.7 Å². The third kappa shape index (κ3) is 2.75. The van der Waals surface area contributed by atoms with E-state index in [4.69, 9.17) is 11.2 Å². The molecule has 0 radical (unpaired) electrons. The van der Waals surface area contributed by atoms with Gasteiger partial charge in [-0.2, -0.15) is 0 Å². The first-order chi connectivity index (χ1) is 9.67. The maximum atomic E-state index is 11.9. The molecule has 0 bridgehead atoms. The van der Waals surface area contributed by atoms with Crippen LogP contribution in [-0.2, 0) is 6.54 Å². The van der Waals surface area contributed by atoms with Crippen molar-refractivity contribution in [1.29, 1.82) is 0 Å². The minimum Gasteiger partial charge on any atom is -0.481 e. The summed E-state index contributed by atoms with van der Waals surface area (Å²) in [6.07, 6.45) is 5.18. The summed E-state index contributed by atoms with van der Waals surface area (Å²) in [6.45, 7) is 4.85. The third-order valence-corrected chi connectivity index (χ3v) is 3.16. The van der Waals surface area contributed by atoms with E-state index < -0.39 is 0 Å². The fourth-order valence-corrected chi connectivity index (χ4v) is 2.22. The molecule has 2 aromatic rings.